The molecule has 3 rings (SSSR count). The van der Waals surface area contributed by atoms with E-state index in [9.17, 15) is 13.6 Å². The highest BCUT2D eigenvalue weighted by atomic mass is 19.3. The minimum Gasteiger partial charge on any atom is -0.275 e. The quantitative estimate of drug-likeness (QED) is 0.832. The number of halogens is 2. The summed E-state index contributed by atoms with van der Waals surface area (Å²) in [6.45, 7) is 0.282. The standard InChI is InChI=1S/C12H14F2N4O/c1-17-3-2-9(15-17)10-4-11(19)18(16-10)7-8-5-12(13,14)6-8/h2-3,8H,4-7H2,1H3. The van der Waals surface area contributed by atoms with Crippen molar-refractivity contribution in [2.24, 2.45) is 18.1 Å². The number of hydrogen-bond acceptors (Lipinski definition) is 3. The Morgan fingerprint density at radius 1 is 1.47 bits per heavy atom. The van der Waals surface area contributed by atoms with Gasteiger partial charge in [0.1, 0.15) is 5.69 Å². The zero-order chi connectivity index (χ0) is 13.6. The lowest BCUT2D eigenvalue weighted by atomic mass is 9.81. The van der Waals surface area contributed by atoms with Gasteiger partial charge in [-0.3, -0.25) is 9.48 Å². The van der Waals surface area contributed by atoms with Gasteiger partial charge >= 0.3 is 0 Å². The summed E-state index contributed by atoms with van der Waals surface area (Å²) in [6.07, 6.45) is 1.67. The van der Waals surface area contributed by atoms with Crippen molar-refractivity contribution in [3.05, 3.63) is 18.0 Å². The largest absolute Gasteiger partial charge is 0.275 e. The lowest BCUT2D eigenvalue weighted by Gasteiger charge is -2.36. The first-order valence-electron chi connectivity index (χ1n) is 6.19. The molecule has 1 amide bonds. The average Bonchev–Trinajstić information content (AvgIpc) is 2.84. The van der Waals surface area contributed by atoms with E-state index in [1.165, 1.54) is 5.01 Å². The summed E-state index contributed by atoms with van der Waals surface area (Å²) >= 11 is 0. The van der Waals surface area contributed by atoms with Crippen molar-refractivity contribution in [3.8, 4) is 0 Å². The van der Waals surface area contributed by atoms with Gasteiger partial charge in [0, 0.05) is 32.6 Å². The second-order valence-electron chi connectivity index (χ2n) is 5.20. The van der Waals surface area contributed by atoms with Gasteiger partial charge < -0.3 is 0 Å². The Morgan fingerprint density at radius 2 is 2.21 bits per heavy atom. The van der Waals surface area contributed by atoms with Crippen LogP contribution >= 0.6 is 0 Å². The second kappa shape index (κ2) is 4.11. The minimum absolute atomic E-state index is 0.143. The molecule has 2 aliphatic rings. The van der Waals surface area contributed by atoms with Crippen LogP contribution in [0.5, 0.6) is 0 Å². The lowest BCUT2D eigenvalue weighted by molar-refractivity contribution is -0.138. The maximum atomic E-state index is 12.8. The maximum absolute atomic E-state index is 12.8. The lowest BCUT2D eigenvalue weighted by Crippen LogP contribution is -2.41. The van der Waals surface area contributed by atoms with Gasteiger partial charge in [-0.15, -0.1) is 0 Å². The van der Waals surface area contributed by atoms with E-state index in [4.69, 9.17) is 0 Å². The van der Waals surface area contributed by atoms with Gasteiger partial charge in [0.05, 0.1) is 12.1 Å². The maximum Gasteiger partial charge on any atom is 0.248 e. The third-order valence-corrected chi connectivity index (χ3v) is 3.46. The van der Waals surface area contributed by atoms with E-state index in [0.717, 1.165) is 0 Å². The SMILES string of the molecule is Cn1ccc(C2=NN(CC3CC(F)(F)C3)C(=O)C2)n1. The fourth-order valence-electron chi connectivity index (χ4n) is 2.48. The molecule has 1 fully saturated rings. The molecule has 0 atom stereocenters. The fourth-order valence-corrected chi connectivity index (χ4v) is 2.48. The zero-order valence-electron chi connectivity index (χ0n) is 10.5. The van der Waals surface area contributed by atoms with Gasteiger partial charge in [-0.25, -0.2) is 13.8 Å². The number of hydrazone groups is 1. The summed E-state index contributed by atoms with van der Waals surface area (Å²) in [5, 5.41) is 9.70. The Morgan fingerprint density at radius 3 is 2.79 bits per heavy atom. The number of hydrogen-bond donors (Lipinski definition) is 0. The van der Waals surface area contributed by atoms with E-state index in [1.54, 1.807) is 24.0 Å². The van der Waals surface area contributed by atoms with Crippen LogP contribution in [0.1, 0.15) is 25.0 Å². The van der Waals surface area contributed by atoms with Crippen molar-refractivity contribution in [1.82, 2.24) is 14.8 Å². The van der Waals surface area contributed by atoms with Crippen molar-refractivity contribution >= 4 is 11.6 Å². The first-order chi connectivity index (χ1) is 8.93. The molecular formula is C12H14F2N4O. The molecule has 0 saturated heterocycles. The van der Waals surface area contributed by atoms with Gasteiger partial charge in [0.2, 0.25) is 11.8 Å². The molecule has 19 heavy (non-hydrogen) atoms. The third kappa shape index (κ3) is 2.36. The molecule has 1 aliphatic carbocycles. The first-order valence-corrected chi connectivity index (χ1v) is 6.19. The van der Waals surface area contributed by atoms with Crippen molar-refractivity contribution in [2.45, 2.75) is 25.2 Å². The van der Waals surface area contributed by atoms with Crippen LogP contribution < -0.4 is 0 Å². The third-order valence-electron chi connectivity index (χ3n) is 3.46. The van der Waals surface area contributed by atoms with Crippen molar-refractivity contribution < 1.29 is 13.6 Å². The average molecular weight is 268 g/mol. The highest BCUT2D eigenvalue weighted by molar-refractivity contribution is 6.12. The summed E-state index contributed by atoms with van der Waals surface area (Å²) in [6, 6.07) is 1.78. The molecule has 1 saturated carbocycles. The summed E-state index contributed by atoms with van der Waals surface area (Å²) in [7, 11) is 1.79. The van der Waals surface area contributed by atoms with Crippen LogP contribution in [0.4, 0.5) is 8.78 Å². The predicted molar refractivity (Wildman–Crippen MR) is 63.7 cm³/mol. The van der Waals surface area contributed by atoms with E-state index in [1.807, 2.05) is 0 Å². The number of aryl methyl sites for hydroxylation is 1. The molecule has 2 heterocycles. The summed E-state index contributed by atoms with van der Waals surface area (Å²) < 4.78 is 27.1. The van der Waals surface area contributed by atoms with Gasteiger partial charge in [0.15, 0.2) is 0 Å². The molecule has 1 aromatic heterocycles. The normalized spacial score (nSPS) is 22.6. The molecule has 1 aromatic rings. The highest BCUT2D eigenvalue weighted by Crippen LogP contribution is 2.42. The molecule has 0 aromatic carbocycles. The highest BCUT2D eigenvalue weighted by Gasteiger charge is 2.46. The number of aromatic nitrogens is 2. The van der Waals surface area contributed by atoms with Crippen LogP contribution in [0.3, 0.4) is 0 Å². The van der Waals surface area contributed by atoms with E-state index in [-0.39, 0.29) is 37.6 Å². The number of alkyl halides is 2. The van der Waals surface area contributed by atoms with E-state index in [0.29, 0.717) is 11.4 Å². The first kappa shape index (κ1) is 12.3. The Balaban J connectivity index is 1.66. The van der Waals surface area contributed by atoms with Gasteiger partial charge in [-0.05, 0) is 12.0 Å². The van der Waals surface area contributed by atoms with Crippen LogP contribution in [-0.4, -0.2) is 38.9 Å². The summed E-state index contributed by atoms with van der Waals surface area (Å²) in [5.74, 6) is -2.84. The van der Waals surface area contributed by atoms with Gasteiger partial charge in [-0.2, -0.15) is 10.2 Å². The van der Waals surface area contributed by atoms with Crippen molar-refractivity contribution in [2.75, 3.05) is 6.54 Å². The number of rotatable bonds is 3. The zero-order valence-corrected chi connectivity index (χ0v) is 10.5. The predicted octanol–water partition coefficient (Wildman–Crippen LogP) is 1.40. The van der Waals surface area contributed by atoms with Crippen LogP contribution in [-0.2, 0) is 11.8 Å². The monoisotopic (exact) mass is 268 g/mol. The van der Waals surface area contributed by atoms with Crippen LogP contribution in [0.15, 0.2) is 17.4 Å². The molecule has 0 radical (unpaired) electrons. The van der Waals surface area contributed by atoms with E-state index >= 15 is 0 Å². The molecule has 0 unspecified atom stereocenters. The topological polar surface area (TPSA) is 50.5 Å². The Labute approximate surface area is 108 Å². The molecule has 102 valence electrons. The van der Waals surface area contributed by atoms with Gasteiger partial charge in [-0.1, -0.05) is 0 Å². The second-order valence-corrected chi connectivity index (χ2v) is 5.20. The summed E-state index contributed by atoms with van der Waals surface area (Å²) in [4.78, 5) is 11.8. The number of carbonyl (C=O) groups is 1. The van der Waals surface area contributed by atoms with Crippen LogP contribution in [0, 0.1) is 5.92 Å². The Hall–Kier alpha value is -1.79. The van der Waals surface area contributed by atoms with Crippen LogP contribution in [0.25, 0.3) is 0 Å². The number of amides is 1. The molecule has 7 heteroatoms. The minimum atomic E-state index is -2.55. The Bertz CT molecular complexity index is 544. The molecule has 1 aliphatic heterocycles. The van der Waals surface area contributed by atoms with E-state index in [2.05, 4.69) is 10.2 Å². The van der Waals surface area contributed by atoms with Crippen molar-refractivity contribution in [3.63, 3.8) is 0 Å². The molecule has 0 bridgehead atoms. The summed E-state index contributed by atoms with van der Waals surface area (Å²) in [5.41, 5.74) is 1.27. The fraction of sp³-hybridized carbons (Fsp3) is 0.583. The molecule has 0 spiro atoms. The van der Waals surface area contributed by atoms with Crippen molar-refractivity contribution in [1.29, 1.82) is 0 Å². The molecule has 0 N–H and O–H groups in total. The van der Waals surface area contributed by atoms with Gasteiger partial charge in [0.25, 0.3) is 0 Å². The Kier molecular flexibility index (Phi) is 2.65. The van der Waals surface area contributed by atoms with E-state index < -0.39 is 5.92 Å². The number of nitrogens with zero attached hydrogens (tertiary/aromatic N) is 4. The number of carbonyl (C=O) groups excluding carboxylic acids is 1. The molecule has 5 nitrogen and oxygen atoms in total. The van der Waals surface area contributed by atoms with Crippen LogP contribution in [0.2, 0.25) is 0 Å². The smallest absolute Gasteiger partial charge is 0.248 e. The molecular weight excluding hydrogens is 254 g/mol.